The van der Waals surface area contributed by atoms with Gasteiger partial charge < -0.3 is 4.74 Å². The molecule has 0 radical (unpaired) electrons. The smallest absolute Gasteiger partial charge is 0.296 e. The number of rotatable bonds is 2. The average Bonchev–Trinajstić information content (AvgIpc) is 1.68. The summed E-state index contributed by atoms with van der Waals surface area (Å²) in [5.74, 6) is 0.273. The zero-order valence-corrected chi connectivity index (χ0v) is 4.22. The molecule has 3 heteroatoms. The van der Waals surface area contributed by atoms with Gasteiger partial charge in [0.1, 0.15) is 0 Å². The minimum absolute atomic E-state index is 0.273. The first kappa shape index (κ1) is 5.92. The van der Waals surface area contributed by atoms with E-state index in [2.05, 4.69) is 27.9 Å². The molecule has 0 aromatic heterocycles. The Bertz CT molecular complexity index is 113. The Morgan fingerprint density at radius 2 is 2.43 bits per heavy atom. The van der Waals surface area contributed by atoms with Crippen LogP contribution in [-0.2, 0) is 4.74 Å². The Labute approximate surface area is 42.1 Å². The number of nitrogens with zero attached hydrogens (tertiary/aromatic N) is 2. The highest BCUT2D eigenvalue weighted by atomic mass is 16.5. The molecule has 0 saturated heterocycles. The van der Waals surface area contributed by atoms with Gasteiger partial charge >= 0.3 is 0 Å². The SMILES string of the molecule is C=[N+]=NC(=C)OC. The first-order valence-electron chi connectivity index (χ1n) is 1.71. The maximum atomic E-state index is 4.50. The third-order valence-corrected chi connectivity index (χ3v) is 0.418. The topological polar surface area (TPSA) is 35.7 Å². The summed E-state index contributed by atoms with van der Waals surface area (Å²) in [6.07, 6.45) is 0. The van der Waals surface area contributed by atoms with Crippen molar-refractivity contribution in [3.63, 3.8) is 0 Å². The Kier molecular flexibility index (Phi) is 2.64. The Morgan fingerprint density at radius 1 is 1.86 bits per heavy atom. The van der Waals surface area contributed by atoms with Gasteiger partial charge in [-0.15, -0.1) is 0 Å². The Hall–Kier alpha value is -1.08. The highest BCUT2D eigenvalue weighted by Gasteiger charge is 1.86. The third kappa shape index (κ3) is 2.73. The first-order chi connectivity index (χ1) is 3.31. The van der Waals surface area contributed by atoms with E-state index in [1.54, 1.807) is 0 Å². The molecule has 3 nitrogen and oxygen atoms in total. The molecule has 0 saturated carbocycles. The van der Waals surface area contributed by atoms with Gasteiger partial charge in [-0.05, 0) is 6.58 Å². The summed E-state index contributed by atoms with van der Waals surface area (Å²) in [7, 11) is 1.47. The van der Waals surface area contributed by atoms with Gasteiger partial charge in [0.25, 0.3) is 12.6 Å². The van der Waals surface area contributed by atoms with Crippen molar-refractivity contribution in [2.45, 2.75) is 0 Å². The third-order valence-electron chi connectivity index (χ3n) is 0.418. The molecule has 0 aliphatic carbocycles. The van der Waals surface area contributed by atoms with E-state index in [0.29, 0.717) is 0 Å². The van der Waals surface area contributed by atoms with Crippen LogP contribution in [0.1, 0.15) is 0 Å². The van der Waals surface area contributed by atoms with Crippen LogP contribution < -0.4 is 0 Å². The van der Waals surface area contributed by atoms with Crippen LogP contribution in [0, 0.1) is 0 Å². The maximum Gasteiger partial charge on any atom is 0.296 e. The van der Waals surface area contributed by atoms with E-state index >= 15 is 0 Å². The van der Waals surface area contributed by atoms with E-state index < -0.39 is 0 Å². The number of methoxy groups -OCH3 is 1. The van der Waals surface area contributed by atoms with Crippen LogP contribution in [0.4, 0.5) is 0 Å². The summed E-state index contributed by atoms with van der Waals surface area (Å²) < 4.78 is 4.50. The fourth-order valence-corrected chi connectivity index (χ4v) is 0.120. The summed E-state index contributed by atoms with van der Waals surface area (Å²) in [5.41, 5.74) is 0. The second-order valence-corrected chi connectivity index (χ2v) is 0.839. The normalized spacial score (nSPS) is 6.43. The molecule has 0 spiro atoms. The first-order valence-corrected chi connectivity index (χ1v) is 1.71. The zero-order chi connectivity index (χ0) is 5.70. The van der Waals surface area contributed by atoms with E-state index in [9.17, 15) is 0 Å². The molecular formula is C4H7N2O+. The molecular weight excluding hydrogens is 92.1 g/mol. The van der Waals surface area contributed by atoms with Gasteiger partial charge in [-0.3, -0.25) is 0 Å². The molecule has 7 heavy (non-hydrogen) atoms. The van der Waals surface area contributed by atoms with Gasteiger partial charge in [0, 0.05) is 0 Å². The standard InChI is InChI=1S/C4H7N2O/c1-4(7-3)6-5-2/h1-2H2,3H3/q+1. The minimum Gasteiger partial charge on any atom is -0.477 e. The van der Waals surface area contributed by atoms with Crippen LogP contribution in [0.2, 0.25) is 0 Å². The Morgan fingerprint density at radius 3 is 2.57 bits per heavy atom. The second kappa shape index (κ2) is 3.12. The molecule has 0 aliphatic rings. The van der Waals surface area contributed by atoms with Crippen LogP contribution in [0.25, 0.3) is 0 Å². The molecule has 0 heterocycles. The van der Waals surface area contributed by atoms with Crippen LogP contribution in [0.15, 0.2) is 17.6 Å². The molecule has 0 aliphatic heterocycles. The fourth-order valence-electron chi connectivity index (χ4n) is 0.120. The summed E-state index contributed by atoms with van der Waals surface area (Å²) >= 11 is 0. The van der Waals surface area contributed by atoms with E-state index in [1.165, 1.54) is 7.11 Å². The Balaban J connectivity index is 3.58. The molecule has 0 bridgehead atoms. The van der Waals surface area contributed by atoms with E-state index in [0.717, 1.165) is 0 Å². The van der Waals surface area contributed by atoms with Gasteiger partial charge in [0.15, 0.2) is 5.11 Å². The van der Waals surface area contributed by atoms with E-state index in [-0.39, 0.29) is 5.88 Å². The average molecular weight is 99.1 g/mol. The quantitative estimate of drug-likeness (QED) is 0.214. The monoisotopic (exact) mass is 99.1 g/mol. The van der Waals surface area contributed by atoms with Gasteiger partial charge in [-0.1, -0.05) is 0 Å². The number of hydrogen-bond donors (Lipinski definition) is 0. The van der Waals surface area contributed by atoms with Crippen LogP contribution in [0.5, 0.6) is 0 Å². The molecule has 0 amide bonds. The lowest BCUT2D eigenvalue weighted by Gasteiger charge is -1.82. The summed E-state index contributed by atoms with van der Waals surface area (Å²) in [6, 6.07) is 0. The van der Waals surface area contributed by atoms with Crippen molar-refractivity contribution >= 4 is 6.72 Å². The highest BCUT2D eigenvalue weighted by Crippen LogP contribution is 1.86. The van der Waals surface area contributed by atoms with Crippen LogP contribution >= 0.6 is 0 Å². The van der Waals surface area contributed by atoms with Crippen molar-refractivity contribution in [2.24, 2.45) is 5.11 Å². The zero-order valence-electron chi connectivity index (χ0n) is 4.22. The van der Waals surface area contributed by atoms with Gasteiger partial charge in [-0.2, -0.15) is 0 Å². The van der Waals surface area contributed by atoms with Crippen LogP contribution in [-0.4, -0.2) is 18.6 Å². The van der Waals surface area contributed by atoms with Crippen molar-refractivity contribution in [3.8, 4) is 0 Å². The van der Waals surface area contributed by atoms with Crippen molar-refractivity contribution in [2.75, 3.05) is 7.11 Å². The van der Waals surface area contributed by atoms with Crippen LogP contribution in [0.3, 0.4) is 0 Å². The second-order valence-electron chi connectivity index (χ2n) is 0.839. The van der Waals surface area contributed by atoms with E-state index in [1.807, 2.05) is 0 Å². The molecule has 0 fully saturated rings. The fraction of sp³-hybridized carbons (Fsp3) is 0.250. The summed E-state index contributed by atoms with van der Waals surface area (Å²) in [4.78, 5) is 3.16. The highest BCUT2D eigenvalue weighted by molar-refractivity contribution is 5.12. The van der Waals surface area contributed by atoms with E-state index in [4.69, 9.17) is 0 Å². The number of hydrogen-bond acceptors (Lipinski definition) is 2. The molecule has 0 aromatic rings. The largest absolute Gasteiger partial charge is 0.477 e. The molecule has 0 N–H and O–H groups in total. The van der Waals surface area contributed by atoms with Crippen molar-refractivity contribution < 1.29 is 9.53 Å². The van der Waals surface area contributed by atoms with Gasteiger partial charge in [-0.25, -0.2) is 0 Å². The van der Waals surface area contributed by atoms with Crippen molar-refractivity contribution in [1.29, 1.82) is 0 Å². The van der Waals surface area contributed by atoms with Gasteiger partial charge in [0.2, 0.25) is 0 Å². The number of ether oxygens (including phenoxy) is 1. The van der Waals surface area contributed by atoms with Crippen molar-refractivity contribution in [1.82, 2.24) is 0 Å². The van der Waals surface area contributed by atoms with Gasteiger partial charge in [0.05, 0.1) is 11.9 Å². The lowest BCUT2D eigenvalue weighted by Crippen LogP contribution is -1.75. The lowest BCUT2D eigenvalue weighted by atomic mass is 10.9. The lowest BCUT2D eigenvalue weighted by molar-refractivity contribution is -0.0805. The molecule has 0 rings (SSSR count). The maximum absolute atomic E-state index is 4.50. The molecule has 38 valence electrons. The summed E-state index contributed by atoms with van der Waals surface area (Å²) in [6.45, 7) is 6.43. The predicted molar refractivity (Wildman–Crippen MR) is 26.0 cm³/mol. The predicted octanol–water partition coefficient (Wildman–Crippen LogP) is 0.465. The molecule has 0 atom stereocenters. The minimum atomic E-state index is 0.273. The van der Waals surface area contributed by atoms with Crippen molar-refractivity contribution in [3.05, 3.63) is 12.5 Å². The summed E-state index contributed by atoms with van der Waals surface area (Å²) in [5, 5.41) is 3.34. The molecule has 0 unspecified atom stereocenters. The molecule has 0 aromatic carbocycles.